The van der Waals surface area contributed by atoms with Gasteiger partial charge in [-0.05, 0) is 30.7 Å². The van der Waals surface area contributed by atoms with Crippen LogP contribution >= 0.6 is 0 Å². The zero-order chi connectivity index (χ0) is 13.5. The van der Waals surface area contributed by atoms with Crippen molar-refractivity contribution in [2.24, 2.45) is 0 Å². The maximum atomic E-state index is 4.53. The fourth-order valence-corrected chi connectivity index (χ4v) is 2.56. The van der Waals surface area contributed by atoms with E-state index in [-0.39, 0.29) is 0 Å². The number of rotatable bonds is 1. The lowest BCUT2D eigenvalue weighted by Crippen LogP contribution is -1.86. The van der Waals surface area contributed by atoms with Gasteiger partial charge in [0.25, 0.3) is 0 Å². The van der Waals surface area contributed by atoms with Crippen LogP contribution < -0.4 is 0 Å². The van der Waals surface area contributed by atoms with E-state index in [0.717, 1.165) is 38.8 Å². The topological polar surface area (TPSA) is 54.5 Å². The second-order valence-corrected chi connectivity index (χ2v) is 4.81. The number of fused-ring (bicyclic) bond motifs is 2. The Bertz CT molecular complexity index is 924. The van der Waals surface area contributed by atoms with Crippen molar-refractivity contribution in [1.29, 1.82) is 0 Å². The number of hydrogen-bond donors (Lipinski definition) is 1. The summed E-state index contributed by atoms with van der Waals surface area (Å²) in [4.78, 5) is 8.84. The third kappa shape index (κ3) is 1.58. The van der Waals surface area contributed by atoms with Gasteiger partial charge in [0.1, 0.15) is 0 Å². The van der Waals surface area contributed by atoms with Crippen molar-refractivity contribution in [3.05, 3.63) is 54.5 Å². The van der Waals surface area contributed by atoms with Crippen molar-refractivity contribution in [2.45, 2.75) is 6.92 Å². The first-order valence-electron chi connectivity index (χ1n) is 6.48. The van der Waals surface area contributed by atoms with Crippen molar-refractivity contribution in [2.75, 3.05) is 0 Å². The number of aryl methyl sites for hydroxylation is 1. The van der Waals surface area contributed by atoms with Crippen molar-refractivity contribution >= 4 is 21.9 Å². The van der Waals surface area contributed by atoms with Crippen LogP contribution in [0.2, 0.25) is 0 Å². The molecule has 0 aliphatic heterocycles. The predicted molar refractivity (Wildman–Crippen MR) is 79.4 cm³/mol. The Morgan fingerprint density at radius 1 is 1.05 bits per heavy atom. The molecule has 0 saturated carbocycles. The molecule has 0 spiro atoms. The first-order valence-corrected chi connectivity index (χ1v) is 6.48. The van der Waals surface area contributed by atoms with E-state index in [0.29, 0.717) is 0 Å². The molecule has 4 heteroatoms. The molecule has 1 N–H and O–H groups in total. The molecule has 3 heterocycles. The summed E-state index contributed by atoms with van der Waals surface area (Å²) in [5, 5.41) is 9.39. The van der Waals surface area contributed by atoms with Crippen LogP contribution in [0.1, 0.15) is 5.69 Å². The lowest BCUT2D eigenvalue weighted by atomic mass is 10.0. The van der Waals surface area contributed by atoms with Crippen LogP contribution in [-0.4, -0.2) is 20.2 Å². The van der Waals surface area contributed by atoms with Crippen LogP contribution in [0, 0.1) is 6.92 Å². The first kappa shape index (κ1) is 11.1. The highest BCUT2D eigenvalue weighted by molar-refractivity contribution is 5.96. The number of pyridine rings is 2. The summed E-state index contributed by atoms with van der Waals surface area (Å²) in [6.45, 7) is 1.98. The van der Waals surface area contributed by atoms with Gasteiger partial charge in [0.05, 0.1) is 11.2 Å². The van der Waals surface area contributed by atoms with E-state index in [1.807, 2.05) is 37.4 Å². The van der Waals surface area contributed by atoms with Gasteiger partial charge in [0, 0.05) is 28.7 Å². The maximum Gasteiger partial charge on any atom is 0.155 e. The van der Waals surface area contributed by atoms with Crippen LogP contribution in [0.3, 0.4) is 0 Å². The average Bonchev–Trinajstić information content (AvgIpc) is 2.88. The highest BCUT2D eigenvalue weighted by Crippen LogP contribution is 2.29. The average molecular weight is 260 g/mol. The largest absolute Gasteiger partial charge is 0.261 e. The van der Waals surface area contributed by atoms with Crippen LogP contribution in [0.15, 0.2) is 48.8 Å². The van der Waals surface area contributed by atoms with Gasteiger partial charge < -0.3 is 0 Å². The molecule has 0 atom stereocenters. The zero-order valence-electron chi connectivity index (χ0n) is 11.0. The summed E-state index contributed by atoms with van der Waals surface area (Å²) >= 11 is 0. The zero-order valence-corrected chi connectivity index (χ0v) is 11.0. The third-order valence-corrected chi connectivity index (χ3v) is 3.54. The van der Waals surface area contributed by atoms with Gasteiger partial charge in [-0.25, -0.2) is 4.98 Å². The molecule has 0 radical (unpaired) electrons. The van der Waals surface area contributed by atoms with Gasteiger partial charge in [-0.3, -0.25) is 10.1 Å². The molecule has 4 aromatic rings. The fourth-order valence-electron chi connectivity index (χ4n) is 2.56. The van der Waals surface area contributed by atoms with Crippen LogP contribution in [-0.2, 0) is 0 Å². The Morgan fingerprint density at radius 2 is 1.95 bits per heavy atom. The number of para-hydroxylation sites is 1. The number of hydrogen-bond acceptors (Lipinski definition) is 3. The smallest absolute Gasteiger partial charge is 0.155 e. The molecular formula is C16H12N4. The molecule has 0 fully saturated rings. The van der Waals surface area contributed by atoms with Crippen LogP contribution in [0.4, 0.5) is 0 Å². The summed E-state index contributed by atoms with van der Waals surface area (Å²) in [5.41, 5.74) is 4.97. The van der Waals surface area contributed by atoms with Crippen LogP contribution in [0.25, 0.3) is 33.1 Å². The quantitative estimate of drug-likeness (QED) is 0.570. The van der Waals surface area contributed by atoms with Crippen molar-refractivity contribution in [3.63, 3.8) is 0 Å². The molecule has 0 aliphatic rings. The monoisotopic (exact) mass is 260 g/mol. The second-order valence-electron chi connectivity index (χ2n) is 4.81. The Labute approximate surface area is 115 Å². The van der Waals surface area contributed by atoms with Gasteiger partial charge in [-0.15, -0.1) is 0 Å². The van der Waals surface area contributed by atoms with Gasteiger partial charge in [-0.2, -0.15) is 5.10 Å². The Kier molecular flexibility index (Phi) is 2.29. The number of nitrogens with one attached hydrogen (secondary N) is 1. The molecule has 4 nitrogen and oxygen atoms in total. The Hall–Kier alpha value is -2.75. The number of aromatic nitrogens is 4. The standard InChI is InChI=1S/C16H12N4/c1-10-15-13(6-7-17-16(15)20-19-10)12-8-11-4-2-3-5-14(11)18-9-12/h2-9H,1H3,(H,17,19,20). The second kappa shape index (κ2) is 4.13. The molecule has 0 saturated heterocycles. The van der Waals surface area contributed by atoms with Crippen molar-refractivity contribution in [3.8, 4) is 11.1 Å². The highest BCUT2D eigenvalue weighted by atomic mass is 15.1. The minimum absolute atomic E-state index is 0.813. The lowest BCUT2D eigenvalue weighted by molar-refractivity contribution is 1.05. The molecule has 0 unspecified atom stereocenters. The fraction of sp³-hybridized carbons (Fsp3) is 0.0625. The van der Waals surface area contributed by atoms with E-state index < -0.39 is 0 Å². The van der Waals surface area contributed by atoms with E-state index in [2.05, 4.69) is 32.3 Å². The molecule has 20 heavy (non-hydrogen) atoms. The van der Waals surface area contributed by atoms with Crippen molar-refractivity contribution in [1.82, 2.24) is 20.2 Å². The number of nitrogens with zero attached hydrogens (tertiary/aromatic N) is 3. The molecular weight excluding hydrogens is 248 g/mol. The minimum atomic E-state index is 0.813. The molecule has 3 aromatic heterocycles. The van der Waals surface area contributed by atoms with Gasteiger partial charge >= 0.3 is 0 Å². The number of aromatic amines is 1. The number of H-pyrrole nitrogens is 1. The number of benzene rings is 1. The first-order chi connectivity index (χ1) is 9.83. The third-order valence-electron chi connectivity index (χ3n) is 3.54. The maximum absolute atomic E-state index is 4.53. The van der Waals surface area contributed by atoms with E-state index in [4.69, 9.17) is 0 Å². The predicted octanol–water partition coefficient (Wildman–Crippen LogP) is 3.48. The minimum Gasteiger partial charge on any atom is -0.261 e. The Morgan fingerprint density at radius 3 is 2.90 bits per heavy atom. The van der Waals surface area contributed by atoms with Gasteiger partial charge in [0.15, 0.2) is 5.65 Å². The summed E-state index contributed by atoms with van der Waals surface area (Å²) < 4.78 is 0. The summed E-state index contributed by atoms with van der Waals surface area (Å²) in [5.74, 6) is 0. The van der Waals surface area contributed by atoms with E-state index in [9.17, 15) is 0 Å². The Balaban J connectivity index is 2.03. The van der Waals surface area contributed by atoms with Crippen LogP contribution in [0.5, 0.6) is 0 Å². The van der Waals surface area contributed by atoms with Gasteiger partial charge in [0.2, 0.25) is 0 Å². The normalized spacial score (nSPS) is 11.2. The van der Waals surface area contributed by atoms with E-state index in [1.165, 1.54) is 0 Å². The molecule has 0 amide bonds. The van der Waals surface area contributed by atoms with E-state index in [1.54, 1.807) is 6.20 Å². The summed E-state index contributed by atoms with van der Waals surface area (Å²) in [6.07, 6.45) is 3.70. The molecule has 96 valence electrons. The SMILES string of the molecule is Cc1n[nH]c2nccc(-c3cnc4ccccc4c3)c12. The van der Waals surface area contributed by atoms with E-state index >= 15 is 0 Å². The molecule has 0 bridgehead atoms. The summed E-state index contributed by atoms with van der Waals surface area (Å²) in [7, 11) is 0. The lowest BCUT2D eigenvalue weighted by Gasteiger charge is -2.05. The molecule has 4 rings (SSSR count). The highest BCUT2D eigenvalue weighted by Gasteiger charge is 2.10. The molecule has 0 aliphatic carbocycles. The summed E-state index contributed by atoms with van der Waals surface area (Å²) in [6, 6.07) is 12.3. The van der Waals surface area contributed by atoms with Gasteiger partial charge in [-0.1, -0.05) is 18.2 Å². The van der Waals surface area contributed by atoms with Crippen molar-refractivity contribution < 1.29 is 0 Å². The molecule has 1 aromatic carbocycles.